The summed E-state index contributed by atoms with van der Waals surface area (Å²) in [6.07, 6.45) is 4.41. The summed E-state index contributed by atoms with van der Waals surface area (Å²) in [4.78, 5) is 2.55. The Labute approximate surface area is 92.4 Å². The van der Waals surface area contributed by atoms with Gasteiger partial charge in [0, 0.05) is 18.6 Å². The van der Waals surface area contributed by atoms with Gasteiger partial charge in [-0.25, -0.2) is 0 Å². The number of piperidine rings is 3. The van der Waals surface area contributed by atoms with Gasteiger partial charge in [0.25, 0.3) is 0 Å². The molecule has 2 unspecified atom stereocenters. The van der Waals surface area contributed by atoms with Crippen molar-refractivity contribution in [3.63, 3.8) is 0 Å². The first-order valence-electron chi connectivity index (χ1n) is 6.18. The van der Waals surface area contributed by atoms with Crippen LogP contribution >= 0.6 is 0 Å². The summed E-state index contributed by atoms with van der Waals surface area (Å²) in [7, 11) is 0. The quantitative estimate of drug-likeness (QED) is 0.756. The minimum Gasteiger partial charge on any atom is -0.309 e. The third-order valence-electron chi connectivity index (χ3n) is 3.94. The molecule has 3 heterocycles. The Hall–Kier alpha value is -0.590. The molecule has 0 radical (unpaired) electrons. The fourth-order valence-electron chi connectivity index (χ4n) is 2.89. The summed E-state index contributed by atoms with van der Waals surface area (Å²) < 4.78 is 0. The number of nitriles is 1. The molecule has 2 atom stereocenters. The Bertz CT molecular complexity index is 238. The Morgan fingerprint density at radius 2 is 2.20 bits per heavy atom. The van der Waals surface area contributed by atoms with Crippen molar-refractivity contribution in [3.05, 3.63) is 0 Å². The van der Waals surface area contributed by atoms with Gasteiger partial charge >= 0.3 is 0 Å². The lowest BCUT2D eigenvalue weighted by molar-refractivity contribution is 0.0669. The highest BCUT2D eigenvalue weighted by Gasteiger charge is 2.34. The zero-order chi connectivity index (χ0) is 10.7. The zero-order valence-corrected chi connectivity index (χ0v) is 9.58. The monoisotopic (exact) mass is 207 g/mol. The van der Waals surface area contributed by atoms with Crippen molar-refractivity contribution in [1.29, 1.82) is 5.26 Å². The highest BCUT2D eigenvalue weighted by molar-refractivity contribution is 4.93. The fraction of sp³-hybridized carbons (Fsp3) is 0.917. The first-order chi connectivity index (χ1) is 7.33. The van der Waals surface area contributed by atoms with Crippen molar-refractivity contribution < 1.29 is 0 Å². The van der Waals surface area contributed by atoms with Crippen LogP contribution in [0.5, 0.6) is 0 Å². The van der Waals surface area contributed by atoms with E-state index >= 15 is 0 Å². The SMILES string of the molecule is CCC(CC#N)NC1CN2CCC1CC2. The van der Waals surface area contributed by atoms with Gasteiger partial charge < -0.3 is 10.2 Å². The lowest BCUT2D eigenvalue weighted by atomic mass is 9.83. The van der Waals surface area contributed by atoms with Gasteiger partial charge in [-0.1, -0.05) is 6.92 Å². The molecular weight excluding hydrogens is 186 g/mol. The Balaban J connectivity index is 1.86. The predicted octanol–water partition coefficient (Wildman–Crippen LogP) is 1.36. The van der Waals surface area contributed by atoms with Crippen LogP contribution in [-0.2, 0) is 0 Å². The molecule has 0 aromatic heterocycles. The first kappa shape index (κ1) is 10.9. The lowest BCUT2D eigenvalue weighted by Crippen LogP contribution is -2.57. The van der Waals surface area contributed by atoms with Crippen LogP contribution in [0.15, 0.2) is 0 Å². The van der Waals surface area contributed by atoms with E-state index < -0.39 is 0 Å². The zero-order valence-electron chi connectivity index (χ0n) is 9.58. The summed E-state index contributed by atoms with van der Waals surface area (Å²) in [5.74, 6) is 0.864. The molecule has 2 bridgehead atoms. The molecule has 0 amide bonds. The van der Waals surface area contributed by atoms with Crippen molar-refractivity contribution in [2.45, 2.75) is 44.7 Å². The minimum absolute atomic E-state index is 0.403. The molecule has 0 aromatic carbocycles. The second-order valence-electron chi connectivity index (χ2n) is 4.88. The molecule has 3 aliphatic rings. The van der Waals surface area contributed by atoms with Crippen molar-refractivity contribution in [2.24, 2.45) is 5.92 Å². The van der Waals surface area contributed by atoms with E-state index in [1.807, 2.05) is 0 Å². The predicted molar refractivity (Wildman–Crippen MR) is 60.4 cm³/mol. The molecule has 3 aliphatic heterocycles. The topological polar surface area (TPSA) is 39.1 Å². The van der Waals surface area contributed by atoms with Crippen LogP contribution in [0.3, 0.4) is 0 Å². The highest BCUT2D eigenvalue weighted by Crippen LogP contribution is 2.27. The highest BCUT2D eigenvalue weighted by atomic mass is 15.2. The maximum absolute atomic E-state index is 8.73. The fourth-order valence-corrected chi connectivity index (χ4v) is 2.89. The normalized spacial score (nSPS) is 36.1. The maximum Gasteiger partial charge on any atom is 0.0638 e. The summed E-state index contributed by atoms with van der Waals surface area (Å²) >= 11 is 0. The van der Waals surface area contributed by atoms with Crippen molar-refractivity contribution in [2.75, 3.05) is 19.6 Å². The van der Waals surface area contributed by atoms with Gasteiger partial charge in [-0.15, -0.1) is 0 Å². The van der Waals surface area contributed by atoms with Crippen molar-refractivity contribution >= 4 is 0 Å². The third-order valence-corrected chi connectivity index (χ3v) is 3.94. The molecule has 3 heteroatoms. The van der Waals surface area contributed by atoms with Crippen LogP contribution in [0, 0.1) is 17.2 Å². The van der Waals surface area contributed by atoms with E-state index in [-0.39, 0.29) is 0 Å². The van der Waals surface area contributed by atoms with E-state index in [0.717, 1.165) is 12.3 Å². The van der Waals surface area contributed by atoms with Gasteiger partial charge in [-0.05, 0) is 38.3 Å². The van der Waals surface area contributed by atoms with Crippen LogP contribution < -0.4 is 5.32 Å². The van der Waals surface area contributed by atoms with Crippen molar-refractivity contribution in [3.8, 4) is 6.07 Å². The van der Waals surface area contributed by atoms with E-state index in [2.05, 4.69) is 23.2 Å². The molecule has 1 N–H and O–H groups in total. The summed E-state index contributed by atoms with van der Waals surface area (Å²) in [5.41, 5.74) is 0. The average molecular weight is 207 g/mol. The number of fused-ring (bicyclic) bond motifs is 3. The first-order valence-corrected chi connectivity index (χ1v) is 6.18. The summed E-state index contributed by atoms with van der Waals surface area (Å²) in [6, 6.07) is 3.32. The minimum atomic E-state index is 0.403. The molecular formula is C12H21N3. The van der Waals surface area contributed by atoms with E-state index in [0.29, 0.717) is 18.5 Å². The standard InChI is InChI=1S/C12H21N3/c1-2-11(3-6-13)14-12-9-15-7-4-10(12)5-8-15/h10-12,14H,2-5,7-9H2,1H3. The molecule has 15 heavy (non-hydrogen) atoms. The van der Waals surface area contributed by atoms with Gasteiger partial charge in [0.15, 0.2) is 0 Å². The molecule has 0 spiro atoms. The van der Waals surface area contributed by atoms with E-state index in [1.165, 1.54) is 32.5 Å². The molecule has 3 fully saturated rings. The van der Waals surface area contributed by atoms with Crippen LogP contribution in [0.2, 0.25) is 0 Å². The van der Waals surface area contributed by atoms with Gasteiger partial charge in [-0.2, -0.15) is 5.26 Å². The van der Waals surface area contributed by atoms with Gasteiger partial charge in [-0.3, -0.25) is 0 Å². The molecule has 0 saturated carbocycles. The van der Waals surface area contributed by atoms with Crippen LogP contribution in [0.1, 0.15) is 32.6 Å². The molecule has 3 saturated heterocycles. The second-order valence-corrected chi connectivity index (χ2v) is 4.88. The molecule has 0 aromatic rings. The van der Waals surface area contributed by atoms with E-state index in [4.69, 9.17) is 5.26 Å². The number of hydrogen-bond acceptors (Lipinski definition) is 3. The summed E-state index contributed by atoms with van der Waals surface area (Å²) in [6.45, 7) is 5.94. The number of rotatable bonds is 4. The van der Waals surface area contributed by atoms with Gasteiger partial charge in [0.05, 0.1) is 12.5 Å². The Morgan fingerprint density at radius 1 is 1.47 bits per heavy atom. The van der Waals surface area contributed by atoms with Gasteiger partial charge in [0.2, 0.25) is 0 Å². The van der Waals surface area contributed by atoms with Crippen molar-refractivity contribution in [1.82, 2.24) is 10.2 Å². The second kappa shape index (κ2) is 4.96. The molecule has 84 valence electrons. The largest absolute Gasteiger partial charge is 0.309 e. The number of nitrogens with one attached hydrogen (secondary N) is 1. The third kappa shape index (κ3) is 2.50. The number of nitrogens with zero attached hydrogens (tertiary/aromatic N) is 2. The maximum atomic E-state index is 8.73. The average Bonchev–Trinajstić information content (AvgIpc) is 2.30. The van der Waals surface area contributed by atoms with E-state index in [9.17, 15) is 0 Å². The Kier molecular flexibility index (Phi) is 3.61. The number of hydrogen-bond donors (Lipinski definition) is 1. The molecule has 0 aliphatic carbocycles. The van der Waals surface area contributed by atoms with Gasteiger partial charge in [0.1, 0.15) is 0 Å². The van der Waals surface area contributed by atoms with Crippen LogP contribution in [0.25, 0.3) is 0 Å². The van der Waals surface area contributed by atoms with E-state index in [1.54, 1.807) is 0 Å². The smallest absolute Gasteiger partial charge is 0.0638 e. The van der Waals surface area contributed by atoms with Crippen LogP contribution in [-0.4, -0.2) is 36.6 Å². The summed E-state index contributed by atoms with van der Waals surface area (Å²) in [5, 5.41) is 12.4. The molecule has 3 rings (SSSR count). The lowest BCUT2D eigenvalue weighted by Gasteiger charge is -2.46. The Morgan fingerprint density at radius 3 is 2.67 bits per heavy atom. The molecule has 3 nitrogen and oxygen atoms in total. The van der Waals surface area contributed by atoms with Crippen LogP contribution in [0.4, 0.5) is 0 Å².